The molecule has 5 heteroatoms. The average molecular weight is 387 g/mol. The maximum atomic E-state index is 12.7. The fourth-order valence-corrected chi connectivity index (χ4v) is 3.82. The van der Waals surface area contributed by atoms with Crippen LogP contribution in [0.25, 0.3) is 0 Å². The second kappa shape index (κ2) is 8.43. The summed E-state index contributed by atoms with van der Waals surface area (Å²) in [7, 11) is 0. The second-order valence-electron chi connectivity index (χ2n) is 7.63. The molecule has 3 aromatic rings. The number of nitrogens with one attached hydrogen (secondary N) is 1. The number of benzene rings is 2. The van der Waals surface area contributed by atoms with Gasteiger partial charge in [0.15, 0.2) is 0 Å². The maximum Gasteiger partial charge on any atom is 0.272 e. The van der Waals surface area contributed by atoms with Crippen LogP contribution in [-0.2, 0) is 19.4 Å². The van der Waals surface area contributed by atoms with E-state index in [4.69, 9.17) is 0 Å². The summed E-state index contributed by atoms with van der Waals surface area (Å²) in [5.74, 6) is -0.281. The van der Waals surface area contributed by atoms with Gasteiger partial charge in [-0.2, -0.15) is 5.10 Å². The van der Waals surface area contributed by atoms with E-state index in [0.717, 1.165) is 24.0 Å². The molecule has 148 valence electrons. The number of fused-ring (bicyclic) bond motifs is 1. The van der Waals surface area contributed by atoms with Crippen molar-refractivity contribution in [3.05, 3.63) is 99.0 Å². The molecule has 1 heterocycles. The zero-order valence-electron chi connectivity index (χ0n) is 16.6. The molecular weight excluding hydrogens is 362 g/mol. The summed E-state index contributed by atoms with van der Waals surface area (Å²) in [5.41, 5.74) is 4.88. The molecule has 2 aromatic carbocycles. The normalized spacial score (nSPS) is 14.1. The number of carbonyl (C=O) groups is 1. The Morgan fingerprint density at radius 3 is 2.59 bits per heavy atom. The Hall–Kier alpha value is -3.21. The van der Waals surface area contributed by atoms with Crippen molar-refractivity contribution in [3.63, 3.8) is 0 Å². The van der Waals surface area contributed by atoms with Crippen LogP contribution in [0.5, 0.6) is 0 Å². The molecule has 0 aliphatic heterocycles. The first kappa shape index (κ1) is 19.1. The van der Waals surface area contributed by atoms with E-state index in [1.165, 1.54) is 40.8 Å². The molecule has 0 fully saturated rings. The van der Waals surface area contributed by atoms with Gasteiger partial charge in [0.25, 0.3) is 11.5 Å². The van der Waals surface area contributed by atoms with E-state index in [2.05, 4.69) is 28.6 Å². The molecule has 0 spiro atoms. The lowest BCUT2D eigenvalue weighted by Gasteiger charge is -2.20. The predicted molar refractivity (Wildman–Crippen MR) is 113 cm³/mol. The maximum absolute atomic E-state index is 12.7. The number of aromatic nitrogens is 2. The zero-order chi connectivity index (χ0) is 20.2. The van der Waals surface area contributed by atoms with Crippen molar-refractivity contribution in [1.82, 2.24) is 15.1 Å². The highest BCUT2D eigenvalue weighted by Crippen LogP contribution is 2.24. The van der Waals surface area contributed by atoms with Gasteiger partial charge in [-0.15, -0.1) is 0 Å². The molecule has 0 radical (unpaired) electrons. The van der Waals surface area contributed by atoms with E-state index in [0.29, 0.717) is 6.54 Å². The largest absolute Gasteiger partial charge is 0.344 e. The average Bonchev–Trinajstić information content (AvgIpc) is 2.75. The number of amides is 1. The summed E-state index contributed by atoms with van der Waals surface area (Å²) in [5, 5.41) is 7.29. The molecule has 0 bridgehead atoms. The van der Waals surface area contributed by atoms with Gasteiger partial charge in [0.05, 0.1) is 12.6 Å². The molecular formula is C24H25N3O2. The Morgan fingerprint density at radius 1 is 1.03 bits per heavy atom. The molecule has 29 heavy (non-hydrogen) atoms. The lowest BCUT2D eigenvalue weighted by Crippen LogP contribution is -2.31. The highest BCUT2D eigenvalue weighted by molar-refractivity contribution is 5.92. The third-order valence-electron chi connectivity index (χ3n) is 5.49. The van der Waals surface area contributed by atoms with Gasteiger partial charge in [-0.25, -0.2) is 4.68 Å². The second-order valence-corrected chi connectivity index (χ2v) is 7.63. The predicted octanol–water partition coefficient (Wildman–Crippen LogP) is 3.66. The summed E-state index contributed by atoms with van der Waals surface area (Å²) >= 11 is 0. The van der Waals surface area contributed by atoms with Gasteiger partial charge < -0.3 is 5.32 Å². The summed E-state index contributed by atoms with van der Waals surface area (Å²) in [6, 6.07) is 18.9. The van der Waals surface area contributed by atoms with Crippen LogP contribution in [-0.4, -0.2) is 15.7 Å². The molecule has 1 aliphatic carbocycles. The van der Waals surface area contributed by atoms with Crippen molar-refractivity contribution in [2.75, 3.05) is 0 Å². The van der Waals surface area contributed by atoms with Gasteiger partial charge in [-0.05, 0) is 60.9 Å². The van der Waals surface area contributed by atoms with Gasteiger partial charge in [0.1, 0.15) is 5.69 Å². The molecule has 1 aliphatic rings. The van der Waals surface area contributed by atoms with E-state index in [1.807, 2.05) is 37.3 Å². The van der Waals surface area contributed by atoms with Crippen LogP contribution in [0.1, 0.15) is 58.5 Å². The fourth-order valence-electron chi connectivity index (χ4n) is 3.82. The molecule has 0 saturated heterocycles. The highest BCUT2D eigenvalue weighted by Gasteiger charge is 2.16. The van der Waals surface area contributed by atoms with Crippen LogP contribution in [0.3, 0.4) is 0 Å². The van der Waals surface area contributed by atoms with Gasteiger partial charge in [0.2, 0.25) is 0 Å². The standard InChI is InChI=1S/C24H25N3O2/c1-17(20-12-11-19-9-5-6-10-21(19)15-20)25-24(29)22-13-14-23(28)27(26-22)16-18-7-3-2-4-8-18/h2-4,7-8,11-15,17H,5-6,9-10,16H2,1H3,(H,25,29). The summed E-state index contributed by atoms with van der Waals surface area (Å²) < 4.78 is 1.33. The Kier molecular flexibility index (Phi) is 5.56. The van der Waals surface area contributed by atoms with E-state index >= 15 is 0 Å². The molecule has 4 rings (SSSR count). The van der Waals surface area contributed by atoms with Crippen molar-refractivity contribution in [3.8, 4) is 0 Å². The third-order valence-corrected chi connectivity index (χ3v) is 5.49. The minimum Gasteiger partial charge on any atom is -0.344 e. The van der Waals surface area contributed by atoms with Gasteiger partial charge >= 0.3 is 0 Å². The Bertz CT molecular complexity index is 1070. The molecule has 1 unspecified atom stereocenters. The van der Waals surface area contributed by atoms with Gasteiger partial charge in [-0.1, -0.05) is 48.5 Å². The van der Waals surface area contributed by atoms with Crippen molar-refractivity contribution < 1.29 is 4.79 Å². The topological polar surface area (TPSA) is 64.0 Å². The van der Waals surface area contributed by atoms with Crippen LogP contribution in [0.4, 0.5) is 0 Å². The lowest BCUT2D eigenvalue weighted by molar-refractivity contribution is 0.0932. The summed E-state index contributed by atoms with van der Waals surface area (Å²) in [4.78, 5) is 24.9. The molecule has 1 N–H and O–H groups in total. The summed E-state index contributed by atoms with van der Waals surface area (Å²) in [6.07, 6.45) is 4.73. The number of aryl methyl sites for hydroxylation is 2. The Balaban J connectivity index is 1.49. The Labute approximate surface area is 170 Å². The van der Waals surface area contributed by atoms with Gasteiger partial charge in [0, 0.05) is 6.07 Å². The SMILES string of the molecule is CC(NC(=O)c1ccc(=O)n(Cc2ccccc2)n1)c1ccc2c(c1)CCCC2. The minimum atomic E-state index is -0.281. The van der Waals surface area contributed by atoms with Crippen molar-refractivity contribution in [1.29, 1.82) is 0 Å². The molecule has 5 nitrogen and oxygen atoms in total. The van der Waals surface area contributed by atoms with Crippen molar-refractivity contribution in [2.24, 2.45) is 0 Å². The van der Waals surface area contributed by atoms with E-state index < -0.39 is 0 Å². The number of hydrogen-bond donors (Lipinski definition) is 1. The molecule has 1 aromatic heterocycles. The molecule has 1 amide bonds. The first-order chi connectivity index (χ1) is 14.1. The van der Waals surface area contributed by atoms with Gasteiger partial charge in [-0.3, -0.25) is 9.59 Å². The number of rotatable bonds is 5. The first-order valence-corrected chi connectivity index (χ1v) is 10.1. The number of nitrogens with zero attached hydrogens (tertiary/aromatic N) is 2. The molecule has 0 saturated carbocycles. The number of carbonyl (C=O) groups excluding carboxylic acids is 1. The van der Waals surface area contributed by atoms with E-state index in [9.17, 15) is 9.59 Å². The fraction of sp³-hybridized carbons (Fsp3) is 0.292. The van der Waals surface area contributed by atoms with Crippen LogP contribution in [0.2, 0.25) is 0 Å². The monoisotopic (exact) mass is 387 g/mol. The first-order valence-electron chi connectivity index (χ1n) is 10.1. The van der Waals surface area contributed by atoms with Crippen LogP contribution in [0, 0.1) is 0 Å². The smallest absolute Gasteiger partial charge is 0.272 e. The minimum absolute atomic E-state index is 0.133. The van der Waals surface area contributed by atoms with Crippen molar-refractivity contribution in [2.45, 2.75) is 45.2 Å². The molecule has 1 atom stereocenters. The summed E-state index contributed by atoms with van der Waals surface area (Å²) in [6.45, 7) is 2.31. The quantitative estimate of drug-likeness (QED) is 0.727. The van der Waals surface area contributed by atoms with E-state index in [-0.39, 0.29) is 23.2 Å². The number of hydrogen-bond acceptors (Lipinski definition) is 3. The highest BCUT2D eigenvalue weighted by atomic mass is 16.2. The van der Waals surface area contributed by atoms with Crippen LogP contribution < -0.4 is 10.9 Å². The van der Waals surface area contributed by atoms with Crippen LogP contribution >= 0.6 is 0 Å². The Morgan fingerprint density at radius 2 is 1.79 bits per heavy atom. The zero-order valence-corrected chi connectivity index (χ0v) is 16.6. The van der Waals surface area contributed by atoms with Crippen molar-refractivity contribution >= 4 is 5.91 Å². The third kappa shape index (κ3) is 4.45. The lowest BCUT2D eigenvalue weighted by atomic mass is 9.89. The van der Waals surface area contributed by atoms with Crippen LogP contribution in [0.15, 0.2) is 65.5 Å². The van der Waals surface area contributed by atoms with E-state index in [1.54, 1.807) is 0 Å².